The lowest BCUT2D eigenvalue weighted by molar-refractivity contribution is -0.138. The van der Waals surface area contributed by atoms with E-state index in [0.717, 1.165) is 9.78 Å². The fraction of sp³-hybridized carbons (Fsp3) is 0.382. The van der Waals surface area contributed by atoms with Crippen LogP contribution in [0, 0.1) is 5.41 Å². The normalized spacial score (nSPS) is 17.8. The highest BCUT2D eigenvalue weighted by Gasteiger charge is 2.49. The van der Waals surface area contributed by atoms with E-state index in [9.17, 15) is 19.2 Å². The number of likely N-dealkylation sites (tertiary alicyclic amines) is 1. The predicted molar refractivity (Wildman–Crippen MR) is 178 cm³/mol. The summed E-state index contributed by atoms with van der Waals surface area (Å²) in [6.45, 7) is 0.711. The molecule has 1 aliphatic heterocycles. The molecule has 256 valence electrons. The highest BCUT2D eigenvalue weighted by Crippen LogP contribution is 2.32. The van der Waals surface area contributed by atoms with Crippen LogP contribution >= 0.6 is 11.3 Å². The van der Waals surface area contributed by atoms with Crippen LogP contribution < -0.4 is 21.1 Å². The molecule has 3 aromatic rings. The zero-order valence-electron chi connectivity index (χ0n) is 26.6. The maximum Gasteiger partial charge on any atom is 0.303 e. The van der Waals surface area contributed by atoms with Gasteiger partial charge in [-0.3, -0.25) is 24.6 Å². The number of aliphatic carboxylic acids is 1. The van der Waals surface area contributed by atoms with Gasteiger partial charge in [0.15, 0.2) is 5.67 Å². The van der Waals surface area contributed by atoms with Gasteiger partial charge in [-0.2, -0.15) is 0 Å². The summed E-state index contributed by atoms with van der Waals surface area (Å²) in [5.74, 6) is -1.55. The number of hydrogen-bond acceptors (Lipinski definition) is 8. The number of para-hydroxylation sites is 1. The van der Waals surface area contributed by atoms with Gasteiger partial charge in [0.1, 0.15) is 23.4 Å². The SMILES string of the molecule is CC(NC(=O)[C@@H]1C[C@](F)(COCCCCCC(=O)O)CN1C(=O)CNC(=O)c1ccc(Oc2ccccc2)cc1)c1cc(C(=N)N)cs1. The number of carboxylic acid groups (broad SMARTS) is 1. The fourth-order valence-corrected chi connectivity index (χ4v) is 6.13. The number of nitrogens with one attached hydrogen (secondary N) is 3. The lowest BCUT2D eigenvalue weighted by Gasteiger charge is -2.25. The summed E-state index contributed by atoms with van der Waals surface area (Å²) in [5, 5.41) is 23.5. The van der Waals surface area contributed by atoms with Gasteiger partial charge in [-0.1, -0.05) is 24.6 Å². The van der Waals surface area contributed by atoms with Crippen molar-refractivity contribution < 1.29 is 38.1 Å². The van der Waals surface area contributed by atoms with Crippen LogP contribution in [0.15, 0.2) is 66.0 Å². The molecular formula is C34H40FN5O7S. The van der Waals surface area contributed by atoms with E-state index in [2.05, 4.69) is 10.6 Å². The van der Waals surface area contributed by atoms with Crippen molar-refractivity contribution in [1.29, 1.82) is 5.41 Å². The van der Waals surface area contributed by atoms with Gasteiger partial charge in [-0.05, 0) is 62.2 Å². The Morgan fingerprint density at radius 1 is 1.08 bits per heavy atom. The second kappa shape index (κ2) is 16.8. The van der Waals surface area contributed by atoms with Crippen LogP contribution in [0.1, 0.15) is 65.9 Å². The number of nitrogen functional groups attached to an aromatic ring is 1. The Morgan fingerprint density at radius 2 is 1.79 bits per heavy atom. The van der Waals surface area contributed by atoms with Crippen LogP contribution in [0.3, 0.4) is 0 Å². The van der Waals surface area contributed by atoms with Crippen molar-refractivity contribution in [2.45, 2.75) is 56.8 Å². The average Bonchev–Trinajstić information content (AvgIpc) is 3.70. The van der Waals surface area contributed by atoms with Gasteiger partial charge in [0.25, 0.3) is 5.91 Å². The molecule has 2 heterocycles. The number of alkyl halides is 1. The number of thiophene rings is 1. The Labute approximate surface area is 281 Å². The van der Waals surface area contributed by atoms with Crippen LogP contribution in [-0.2, 0) is 19.1 Å². The molecule has 0 saturated carbocycles. The average molecular weight is 682 g/mol. The molecule has 3 atom stereocenters. The number of halogens is 1. The van der Waals surface area contributed by atoms with Crippen molar-refractivity contribution >= 4 is 40.9 Å². The summed E-state index contributed by atoms with van der Waals surface area (Å²) in [6, 6.07) is 15.5. The molecule has 0 radical (unpaired) electrons. The van der Waals surface area contributed by atoms with Crippen molar-refractivity contribution in [3.63, 3.8) is 0 Å². The first kappa shape index (κ1) is 36.0. The van der Waals surface area contributed by atoms with Gasteiger partial charge in [-0.25, -0.2) is 4.39 Å². The van der Waals surface area contributed by atoms with Crippen LogP contribution in [-0.4, -0.2) is 77.5 Å². The fourth-order valence-electron chi connectivity index (χ4n) is 5.21. The molecule has 1 aromatic heterocycles. The molecule has 1 saturated heterocycles. The molecule has 4 rings (SSSR count). The molecule has 48 heavy (non-hydrogen) atoms. The number of unbranched alkanes of at least 4 members (excludes halogenated alkanes) is 2. The van der Waals surface area contributed by atoms with E-state index in [4.69, 9.17) is 25.7 Å². The largest absolute Gasteiger partial charge is 0.481 e. The zero-order chi connectivity index (χ0) is 34.7. The number of amides is 3. The first-order chi connectivity index (χ1) is 22.9. The van der Waals surface area contributed by atoms with E-state index in [1.807, 2.05) is 18.2 Å². The highest BCUT2D eigenvalue weighted by atomic mass is 32.1. The second-order valence-electron chi connectivity index (χ2n) is 11.7. The van der Waals surface area contributed by atoms with Gasteiger partial charge in [0, 0.05) is 40.8 Å². The summed E-state index contributed by atoms with van der Waals surface area (Å²) in [5.41, 5.74) is 4.34. The Morgan fingerprint density at radius 3 is 2.46 bits per heavy atom. The Balaban J connectivity index is 1.37. The predicted octanol–water partition coefficient (Wildman–Crippen LogP) is 4.40. The molecule has 1 fully saturated rings. The first-order valence-electron chi connectivity index (χ1n) is 15.6. The number of carboxylic acids is 1. The lowest BCUT2D eigenvalue weighted by atomic mass is 10.0. The number of rotatable bonds is 17. The number of nitrogens with zero attached hydrogens (tertiary/aromatic N) is 1. The van der Waals surface area contributed by atoms with E-state index in [0.29, 0.717) is 36.3 Å². The smallest absolute Gasteiger partial charge is 0.303 e. The summed E-state index contributed by atoms with van der Waals surface area (Å²) in [6.07, 6.45) is 1.37. The Hall–Kier alpha value is -4.82. The minimum absolute atomic E-state index is 0.0470. The van der Waals surface area contributed by atoms with Gasteiger partial charge >= 0.3 is 5.97 Å². The monoisotopic (exact) mass is 681 g/mol. The number of amidine groups is 1. The lowest BCUT2D eigenvalue weighted by Crippen LogP contribution is -2.49. The topological polar surface area (TPSA) is 184 Å². The van der Waals surface area contributed by atoms with E-state index in [-0.39, 0.29) is 37.5 Å². The van der Waals surface area contributed by atoms with Crippen LogP contribution in [0.4, 0.5) is 4.39 Å². The molecule has 0 bridgehead atoms. The molecular weight excluding hydrogens is 641 g/mol. The van der Waals surface area contributed by atoms with E-state index >= 15 is 4.39 Å². The molecule has 0 spiro atoms. The zero-order valence-corrected chi connectivity index (χ0v) is 27.4. The van der Waals surface area contributed by atoms with Gasteiger partial charge in [0.05, 0.1) is 25.7 Å². The minimum atomic E-state index is -2.02. The van der Waals surface area contributed by atoms with E-state index < -0.39 is 54.5 Å². The first-order valence-corrected chi connectivity index (χ1v) is 16.4. The second-order valence-corrected chi connectivity index (χ2v) is 12.6. The third kappa shape index (κ3) is 10.3. The number of benzene rings is 2. The van der Waals surface area contributed by atoms with Crippen molar-refractivity contribution in [3.8, 4) is 11.5 Å². The number of hydrogen-bond donors (Lipinski definition) is 5. The van der Waals surface area contributed by atoms with Crippen molar-refractivity contribution in [2.75, 3.05) is 26.3 Å². The number of carbonyl (C=O) groups excluding carboxylic acids is 3. The molecule has 1 unspecified atom stereocenters. The minimum Gasteiger partial charge on any atom is -0.481 e. The number of carbonyl (C=O) groups is 4. The molecule has 1 aliphatic rings. The van der Waals surface area contributed by atoms with Gasteiger partial charge < -0.3 is 35.8 Å². The van der Waals surface area contributed by atoms with Crippen LogP contribution in [0.2, 0.25) is 0 Å². The molecule has 6 N–H and O–H groups in total. The maximum absolute atomic E-state index is 16.1. The van der Waals surface area contributed by atoms with Gasteiger partial charge in [0.2, 0.25) is 11.8 Å². The highest BCUT2D eigenvalue weighted by molar-refractivity contribution is 7.10. The summed E-state index contributed by atoms with van der Waals surface area (Å²) in [7, 11) is 0. The van der Waals surface area contributed by atoms with Crippen LogP contribution in [0.25, 0.3) is 0 Å². The van der Waals surface area contributed by atoms with Crippen LogP contribution in [0.5, 0.6) is 11.5 Å². The van der Waals surface area contributed by atoms with E-state index in [1.54, 1.807) is 54.8 Å². The Bertz CT molecular complexity index is 1590. The molecule has 0 aliphatic carbocycles. The van der Waals surface area contributed by atoms with Gasteiger partial charge in [-0.15, -0.1) is 11.3 Å². The van der Waals surface area contributed by atoms with Crippen molar-refractivity contribution in [3.05, 3.63) is 82.0 Å². The number of nitrogens with two attached hydrogens (primary N) is 1. The number of ether oxygens (including phenoxy) is 2. The maximum atomic E-state index is 16.1. The van der Waals surface area contributed by atoms with E-state index in [1.165, 1.54) is 11.3 Å². The molecule has 12 nitrogen and oxygen atoms in total. The molecule has 2 aromatic carbocycles. The third-order valence-electron chi connectivity index (χ3n) is 7.76. The standard InChI is InChI=1S/C34H40FN5O7S/c1-22(28-16-24(19-48-28)31(36)37)39-33(45)27-17-34(35,21-46-15-7-3-6-10-30(42)43)20-40(27)29(41)18-38-32(44)23-11-13-26(14-12-23)47-25-8-4-2-5-9-25/h2,4-5,8-9,11-14,16,19,22,27H,3,6-7,10,15,17-18,20-21H2,1H3,(H3,36,37)(H,38,44)(H,39,45)(H,42,43)/t22?,27-,34+/m0/s1. The summed E-state index contributed by atoms with van der Waals surface area (Å²) < 4.78 is 27.4. The Kier molecular flexibility index (Phi) is 12.6. The molecule has 3 amide bonds. The summed E-state index contributed by atoms with van der Waals surface area (Å²) in [4.78, 5) is 52.3. The summed E-state index contributed by atoms with van der Waals surface area (Å²) >= 11 is 1.31. The quantitative estimate of drug-likeness (QED) is 0.0789. The molecule has 14 heteroatoms. The van der Waals surface area contributed by atoms with Crippen molar-refractivity contribution in [2.24, 2.45) is 5.73 Å². The third-order valence-corrected chi connectivity index (χ3v) is 8.88. The van der Waals surface area contributed by atoms with Crippen molar-refractivity contribution in [1.82, 2.24) is 15.5 Å².